The Balaban J connectivity index is 1.34. The number of carbonyl (C=O) groups is 3. The SMILES string of the molecule is CC(C)(CCC(=O)O)NC(=O)c1cc(NC(=O)OCC2c3ccccc3-c3ccccc32)n[nH]1. The average molecular weight is 463 g/mol. The molecule has 0 spiro atoms. The molecule has 0 unspecified atom stereocenters. The van der Waals surface area contributed by atoms with Crippen LogP contribution in [0.15, 0.2) is 54.6 Å². The molecule has 4 rings (SSSR count). The molecule has 1 aromatic heterocycles. The van der Waals surface area contributed by atoms with E-state index in [1.165, 1.54) is 6.07 Å². The Bertz CT molecular complexity index is 1190. The molecule has 2 aromatic carbocycles. The summed E-state index contributed by atoms with van der Waals surface area (Å²) in [7, 11) is 0. The highest BCUT2D eigenvalue weighted by atomic mass is 16.5. The largest absolute Gasteiger partial charge is 0.481 e. The Hall–Kier alpha value is -4.14. The third-order valence-corrected chi connectivity index (χ3v) is 5.81. The summed E-state index contributed by atoms with van der Waals surface area (Å²) in [6, 6.07) is 17.5. The molecule has 4 N–H and O–H groups in total. The number of anilines is 1. The van der Waals surface area contributed by atoms with E-state index in [4.69, 9.17) is 9.84 Å². The lowest BCUT2D eigenvalue weighted by Crippen LogP contribution is -2.43. The smallest absolute Gasteiger partial charge is 0.412 e. The van der Waals surface area contributed by atoms with Crippen LogP contribution >= 0.6 is 0 Å². The monoisotopic (exact) mass is 462 g/mol. The van der Waals surface area contributed by atoms with E-state index in [2.05, 4.69) is 33.0 Å². The zero-order valence-corrected chi connectivity index (χ0v) is 18.9. The summed E-state index contributed by atoms with van der Waals surface area (Å²) in [4.78, 5) is 35.7. The number of hydrogen-bond donors (Lipinski definition) is 4. The van der Waals surface area contributed by atoms with Crippen molar-refractivity contribution in [2.75, 3.05) is 11.9 Å². The maximum absolute atomic E-state index is 12.5. The third-order valence-electron chi connectivity index (χ3n) is 5.81. The highest BCUT2D eigenvalue weighted by molar-refractivity contribution is 5.94. The molecule has 2 amide bonds. The van der Waals surface area contributed by atoms with Gasteiger partial charge in [-0.15, -0.1) is 0 Å². The second-order valence-electron chi connectivity index (χ2n) is 8.85. The van der Waals surface area contributed by atoms with Gasteiger partial charge in [0.2, 0.25) is 0 Å². The van der Waals surface area contributed by atoms with E-state index >= 15 is 0 Å². The molecule has 3 aromatic rings. The molecule has 1 aliphatic carbocycles. The highest BCUT2D eigenvalue weighted by Gasteiger charge is 2.29. The van der Waals surface area contributed by atoms with Gasteiger partial charge in [0.1, 0.15) is 12.3 Å². The Morgan fingerprint density at radius 3 is 2.29 bits per heavy atom. The summed E-state index contributed by atoms with van der Waals surface area (Å²) in [6.07, 6.45) is -0.472. The third kappa shape index (κ3) is 5.09. The lowest BCUT2D eigenvalue weighted by atomic mass is 9.98. The minimum atomic E-state index is -0.932. The molecule has 9 nitrogen and oxygen atoms in total. The van der Waals surface area contributed by atoms with Gasteiger partial charge in [0.05, 0.1) is 0 Å². The van der Waals surface area contributed by atoms with Crippen LogP contribution in [0.1, 0.15) is 54.2 Å². The summed E-state index contributed by atoms with van der Waals surface area (Å²) < 4.78 is 5.49. The molecule has 0 saturated carbocycles. The lowest BCUT2D eigenvalue weighted by molar-refractivity contribution is -0.137. The number of carboxylic acid groups (broad SMARTS) is 1. The number of rotatable bonds is 8. The number of carboxylic acids is 1. The Morgan fingerprint density at radius 2 is 1.68 bits per heavy atom. The van der Waals surface area contributed by atoms with Crippen molar-refractivity contribution in [2.45, 2.75) is 38.1 Å². The summed E-state index contributed by atoms with van der Waals surface area (Å²) in [5.74, 6) is -1.31. The summed E-state index contributed by atoms with van der Waals surface area (Å²) in [5.41, 5.74) is 3.92. The molecule has 9 heteroatoms. The minimum Gasteiger partial charge on any atom is -0.481 e. The van der Waals surface area contributed by atoms with Gasteiger partial charge in [-0.25, -0.2) is 4.79 Å². The fourth-order valence-electron chi connectivity index (χ4n) is 4.10. The number of aliphatic carboxylic acids is 1. The van der Waals surface area contributed by atoms with Gasteiger partial charge in [-0.2, -0.15) is 5.10 Å². The molecule has 0 aliphatic heterocycles. The first-order chi connectivity index (χ1) is 16.2. The van der Waals surface area contributed by atoms with E-state index in [1.54, 1.807) is 13.8 Å². The van der Waals surface area contributed by atoms with Gasteiger partial charge in [-0.1, -0.05) is 48.5 Å². The topological polar surface area (TPSA) is 133 Å². The number of H-pyrrole nitrogens is 1. The van der Waals surface area contributed by atoms with Crippen LogP contribution < -0.4 is 10.6 Å². The van der Waals surface area contributed by atoms with Gasteiger partial charge in [0.25, 0.3) is 5.91 Å². The molecule has 0 atom stereocenters. The molecule has 1 heterocycles. The van der Waals surface area contributed by atoms with Crippen LogP contribution in [0.3, 0.4) is 0 Å². The Morgan fingerprint density at radius 1 is 1.06 bits per heavy atom. The zero-order valence-electron chi connectivity index (χ0n) is 18.9. The van der Waals surface area contributed by atoms with Crippen LogP contribution in [0, 0.1) is 0 Å². The van der Waals surface area contributed by atoms with Crippen molar-refractivity contribution in [3.63, 3.8) is 0 Å². The molecular weight excluding hydrogens is 436 g/mol. The first-order valence-electron chi connectivity index (χ1n) is 11.0. The highest BCUT2D eigenvalue weighted by Crippen LogP contribution is 2.44. The molecule has 0 saturated heterocycles. The lowest BCUT2D eigenvalue weighted by Gasteiger charge is -2.25. The van der Waals surface area contributed by atoms with Gasteiger partial charge in [0, 0.05) is 23.9 Å². The number of ether oxygens (including phenoxy) is 1. The number of aromatic amines is 1. The van der Waals surface area contributed by atoms with Crippen LogP contribution in [0.2, 0.25) is 0 Å². The molecule has 176 valence electrons. The van der Waals surface area contributed by atoms with Crippen LogP contribution in [0.25, 0.3) is 11.1 Å². The maximum atomic E-state index is 12.5. The number of carbonyl (C=O) groups excluding carboxylic acids is 2. The number of nitrogens with one attached hydrogen (secondary N) is 3. The second-order valence-corrected chi connectivity index (χ2v) is 8.85. The van der Waals surface area contributed by atoms with Gasteiger partial charge in [-0.3, -0.25) is 20.0 Å². The predicted molar refractivity (Wildman–Crippen MR) is 126 cm³/mol. The van der Waals surface area contributed by atoms with Crippen molar-refractivity contribution in [2.24, 2.45) is 0 Å². The molecule has 0 radical (unpaired) electrons. The summed E-state index contributed by atoms with van der Waals surface area (Å²) in [6.45, 7) is 3.63. The van der Waals surface area contributed by atoms with Crippen molar-refractivity contribution in [1.82, 2.24) is 15.5 Å². The molecule has 1 aliphatic rings. The number of hydrogen-bond acceptors (Lipinski definition) is 5. The minimum absolute atomic E-state index is 0.0632. The van der Waals surface area contributed by atoms with Crippen molar-refractivity contribution in [3.8, 4) is 11.1 Å². The first kappa shape index (κ1) is 23.0. The molecule has 0 bridgehead atoms. The fraction of sp³-hybridized carbons (Fsp3) is 0.280. The summed E-state index contributed by atoms with van der Waals surface area (Å²) in [5, 5.41) is 20.6. The van der Waals surface area contributed by atoms with Crippen LogP contribution in [-0.2, 0) is 9.53 Å². The van der Waals surface area contributed by atoms with E-state index in [-0.39, 0.29) is 36.9 Å². The van der Waals surface area contributed by atoms with E-state index in [0.29, 0.717) is 0 Å². The average Bonchev–Trinajstić information content (AvgIpc) is 3.39. The van der Waals surface area contributed by atoms with Gasteiger partial charge in [-0.05, 0) is 42.5 Å². The number of benzene rings is 2. The van der Waals surface area contributed by atoms with Crippen molar-refractivity contribution in [1.29, 1.82) is 0 Å². The number of amides is 2. The van der Waals surface area contributed by atoms with E-state index < -0.39 is 23.5 Å². The molecule has 34 heavy (non-hydrogen) atoms. The standard InChI is InChI=1S/C25H26N4O5/c1-25(2,12-11-22(30)31)27-23(32)20-13-21(29-28-20)26-24(33)34-14-19-17-9-5-3-7-15(17)16-8-4-6-10-18(16)19/h3-10,13,19H,11-12,14H2,1-2H3,(H,27,32)(H,30,31)(H2,26,28,29,33). The Labute approximate surface area is 196 Å². The van der Waals surface area contributed by atoms with Crippen LogP contribution in [-0.4, -0.2) is 45.4 Å². The number of nitrogens with zero attached hydrogens (tertiary/aromatic N) is 1. The predicted octanol–water partition coefficient (Wildman–Crippen LogP) is 4.14. The van der Waals surface area contributed by atoms with Crippen molar-refractivity contribution < 1.29 is 24.2 Å². The van der Waals surface area contributed by atoms with Crippen molar-refractivity contribution in [3.05, 3.63) is 71.4 Å². The van der Waals surface area contributed by atoms with Gasteiger partial charge >= 0.3 is 12.1 Å². The molecule has 0 fully saturated rings. The first-order valence-corrected chi connectivity index (χ1v) is 11.0. The van der Waals surface area contributed by atoms with E-state index in [1.807, 2.05) is 36.4 Å². The van der Waals surface area contributed by atoms with Gasteiger partial charge in [0.15, 0.2) is 5.82 Å². The second kappa shape index (κ2) is 9.38. The van der Waals surface area contributed by atoms with Crippen LogP contribution in [0.5, 0.6) is 0 Å². The van der Waals surface area contributed by atoms with E-state index in [9.17, 15) is 14.4 Å². The van der Waals surface area contributed by atoms with Crippen LogP contribution in [0.4, 0.5) is 10.6 Å². The normalized spacial score (nSPS) is 12.5. The van der Waals surface area contributed by atoms with Crippen molar-refractivity contribution >= 4 is 23.8 Å². The van der Waals surface area contributed by atoms with Gasteiger partial charge < -0.3 is 15.2 Å². The zero-order chi connectivity index (χ0) is 24.3. The quantitative estimate of drug-likeness (QED) is 0.398. The summed E-state index contributed by atoms with van der Waals surface area (Å²) >= 11 is 0. The van der Waals surface area contributed by atoms with E-state index in [0.717, 1.165) is 22.3 Å². The number of aromatic nitrogens is 2. The Kier molecular flexibility index (Phi) is 6.36. The molecular formula is C25H26N4O5. The number of fused-ring (bicyclic) bond motifs is 3. The fourth-order valence-corrected chi connectivity index (χ4v) is 4.10. The maximum Gasteiger partial charge on any atom is 0.412 e.